The van der Waals surface area contributed by atoms with Crippen LogP contribution in [0.2, 0.25) is 0 Å². The van der Waals surface area contributed by atoms with Crippen molar-refractivity contribution in [1.82, 2.24) is 9.96 Å². The lowest BCUT2D eigenvalue weighted by atomic mass is 9.77. The summed E-state index contributed by atoms with van der Waals surface area (Å²) in [4.78, 5) is 15.0. The number of ketones is 1. The Hall–Kier alpha value is -0.450. The van der Waals surface area contributed by atoms with Crippen molar-refractivity contribution in [3.8, 4) is 0 Å². The van der Waals surface area contributed by atoms with E-state index in [9.17, 15) is 10.0 Å². The largest absolute Gasteiger partial charge is 0.313 e. The summed E-state index contributed by atoms with van der Waals surface area (Å²) in [5.74, 6) is 0.273. The molecule has 0 radical (unpaired) electrons. The van der Waals surface area contributed by atoms with Gasteiger partial charge in [0.2, 0.25) is 0 Å². The first-order chi connectivity index (χ1) is 9.98. The zero-order valence-corrected chi connectivity index (χ0v) is 16.9. The highest BCUT2D eigenvalue weighted by molar-refractivity contribution is 5.85. The van der Waals surface area contributed by atoms with Gasteiger partial charge in [-0.25, -0.2) is 0 Å². The average molecular weight is 327 g/mol. The third-order valence-electron chi connectivity index (χ3n) is 5.07. The molecule has 0 aromatic rings. The molecule has 1 heterocycles. The number of Topliss-reactive ketones (excluding diaryl/α,β-unsaturated/α-hetero) is 1. The lowest BCUT2D eigenvalue weighted by Gasteiger charge is -2.55. The van der Waals surface area contributed by atoms with Gasteiger partial charge < -0.3 is 5.21 Å². The second kappa shape index (κ2) is 6.12. The van der Waals surface area contributed by atoms with E-state index in [1.165, 1.54) is 5.06 Å². The maximum atomic E-state index is 12.6. The Morgan fingerprint density at radius 1 is 1.04 bits per heavy atom. The van der Waals surface area contributed by atoms with Crippen LogP contribution in [-0.2, 0) is 4.79 Å². The van der Waals surface area contributed by atoms with E-state index in [1.807, 2.05) is 20.8 Å². The van der Waals surface area contributed by atoms with Gasteiger partial charge in [0.05, 0.1) is 6.54 Å². The second-order valence-electron chi connectivity index (χ2n) is 10.5. The van der Waals surface area contributed by atoms with E-state index in [4.69, 9.17) is 0 Å². The molecule has 0 aliphatic carbocycles. The van der Waals surface area contributed by atoms with Gasteiger partial charge in [0.15, 0.2) is 5.78 Å². The Kier molecular flexibility index (Phi) is 5.48. The predicted octanol–water partition coefficient (Wildman–Crippen LogP) is 4.11. The van der Waals surface area contributed by atoms with E-state index >= 15 is 0 Å². The fraction of sp³-hybridized carbons (Fsp3) is 0.947. The van der Waals surface area contributed by atoms with Gasteiger partial charge in [0.1, 0.15) is 0 Å². The smallest absolute Gasteiger partial charge is 0.152 e. The van der Waals surface area contributed by atoms with Gasteiger partial charge in [-0.3, -0.25) is 9.69 Å². The van der Waals surface area contributed by atoms with Crippen LogP contribution in [0.5, 0.6) is 0 Å². The monoisotopic (exact) mass is 326 g/mol. The number of hydroxylamine groups is 2. The first-order valence-electron chi connectivity index (χ1n) is 8.78. The van der Waals surface area contributed by atoms with Crippen molar-refractivity contribution in [2.45, 2.75) is 105 Å². The molecular weight excluding hydrogens is 288 g/mol. The van der Waals surface area contributed by atoms with Crippen LogP contribution in [0.1, 0.15) is 82.1 Å². The third-order valence-corrected chi connectivity index (χ3v) is 5.07. The Morgan fingerprint density at radius 3 is 1.74 bits per heavy atom. The molecule has 1 fully saturated rings. The highest BCUT2D eigenvalue weighted by Crippen LogP contribution is 2.40. The van der Waals surface area contributed by atoms with E-state index in [1.54, 1.807) is 0 Å². The molecule has 4 nitrogen and oxygen atoms in total. The first kappa shape index (κ1) is 20.6. The molecule has 0 aromatic heterocycles. The lowest BCUT2D eigenvalue weighted by Crippen LogP contribution is -2.65. The second-order valence-corrected chi connectivity index (χ2v) is 10.5. The van der Waals surface area contributed by atoms with Crippen molar-refractivity contribution in [2.75, 3.05) is 6.54 Å². The summed E-state index contributed by atoms with van der Waals surface area (Å²) in [7, 11) is 0. The summed E-state index contributed by atoms with van der Waals surface area (Å²) in [5, 5.41) is 12.0. The molecule has 4 heteroatoms. The van der Waals surface area contributed by atoms with Crippen molar-refractivity contribution < 1.29 is 10.0 Å². The van der Waals surface area contributed by atoms with E-state index in [0.29, 0.717) is 6.54 Å². The van der Waals surface area contributed by atoms with Gasteiger partial charge in [-0.2, -0.15) is 5.06 Å². The molecule has 1 aliphatic heterocycles. The molecule has 0 atom stereocenters. The Bertz CT molecular complexity index is 423. The van der Waals surface area contributed by atoms with Crippen LogP contribution in [0, 0.1) is 5.41 Å². The summed E-state index contributed by atoms with van der Waals surface area (Å²) in [5.41, 5.74) is -1.02. The van der Waals surface area contributed by atoms with Gasteiger partial charge in [0, 0.05) is 28.1 Å². The minimum Gasteiger partial charge on any atom is -0.313 e. The quantitative estimate of drug-likeness (QED) is 0.847. The van der Waals surface area contributed by atoms with Gasteiger partial charge in [-0.15, -0.1) is 0 Å². The first-order valence-corrected chi connectivity index (χ1v) is 8.78. The average Bonchev–Trinajstić information content (AvgIpc) is 2.28. The molecule has 1 aliphatic rings. The number of hydrogen-bond donors (Lipinski definition) is 1. The van der Waals surface area contributed by atoms with Crippen LogP contribution in [0.3, 0.4) is 0 Å². The fourth-order valence-corrected chi connectivity index (χ4v) is 3.74. The molecule has 0 spiro atoms. The zero-order chi connectivity index (χ0) is 18.4. The lowest BCUT2D eigenvalue weighted by molar-refractivity contribution is -0.254. The van der Waals surface area contributed by atoms with E-state index in [2.05, 4.69) is 53.4 Å². The van der Waals surface area contributed by atoms with Crippen LogP contribution in [-0.4, -0.2) is 50.2 Å². The number of nitrogens with zero attached hydrogens (tertiary/aromatic N) is 2. The molecule has 0 unspecified atom stereocenters. The highest BCUT2D eigenvalue weighted by atomic mass is 16.5. The van der Waals surface area contributed by atoms with Gasteiger partial charge in [0.25, 0.3) is 0 Å². The van der Waals surface area contributed by atoms with Crippen LogP contribution in [0.25, 0.3) is 0 Å². The summed E-state index contributed by atoms with van der Waals surface area (Å²) in [6.45, 7) is 21.3. The van der Waals surface area contributed by atoms with Gasteiger partial charge in [-0.05, 0) is 61.3 Å². The van der Waals surface area contributed by atoms with Crippen LogP contribution < -0.4 is 0 Å². The molecule has 0 bridgehead atoms. The Balaban J connectivity index is 3.12. The van der Waals surface area contributed by atoms with Crippen LogP contribution in [0.4, 0.5) is 0 Å². The van der Waals surface area contributed by atoms with E-state index in [-0.39, 0.29) is 33.9 Å². The topological polar surface area (TPSA) is 43.8 Å². The van der Waals surface area contributed by atoms with Crippen molar-refractivity contribution in [2.24, 2.45) is 5.41 Å². The third kappa shape index (κ3) is 4.77. The normalized spacial score (nSPS) is 23.3. The van der Waals surface area contributed by atoms with Crippen molar-refractivity contribution >= 4 is 5.78 Å². The number of rotatable bonds is 3. The van der Waals surface area contributed by atoms with Gasteiger partial charge in [-0.1, -0.05) is 20.8 Å². The summed E-state index contributed by atoms with van der Waals surface area (Å²) in [6.07, 6.45) is 1.70. The number of piperidine rings is 1. The summed E-state index contributed by atoms with van der Waals surface area (Å²) < 4.78 is 0. The molecule has 136 valence electrons. The number of carbonyl (C=O) groups is 1. The molecule has 0 aromatic carbocycles. The minimum absolute atomic E-state index is 0.0879. The maximum Gasteiger partial charge on any atom is 0.152 e. The van der Waals surface area contributed by atoms with Crippen LogP contribution >= 0.6 is 0 Å². The zero-order valence-electron chi connectivity index (χ0n) is 16.9. The molecule has 1 rings (SSSR count). The number of hydrogen-bond acceptors (Lipinski definition) is 4. The molecular formula is C19H38N2O2. The van der Waals surface area contributed by atoms with Crippen LogP contribution in [0.15, 0.2) is 0 Å². The highest BCUT2D eigenvalue weighted by Gasteiger charge is 2.48. The van der Waals surface area contributed by atoms with Crippen molar-refractivity contribution in [3.05, 3.63) is 0 Å². The van der Waals surface area contributed by atoms with Gasteiger partial charge >= 0.3 is 0 Å². The Labute approximate surface area is 143 Å². The van der Waals surface area contributed by atoms with Crippen molar-refractivity contribution in [3.63, 3.8) is 0 Å². The number of carbonyl (C=O) groups excluding carboxylic acids is 1. The maximum absolute atomic E-state index is 12.6. The standard InChI is InChI=1S/C19H38N2O2/c1-16(2,3)15(22)13-20(17(4,5)6)14-11-18(7,8)21(23)19(9,10)12-14/h14,23H,11-13H2,1-10H3. The van der Waals surface area contributed by atoms with Crippen molar-refractivity contribution in [1.29, 1.82) is 0 Å². The predicted molar refractivity (Wildman–Crippen MR) is 95.7 cm³/mol. The molecule has 0 amide bonds. The SMILES string of the molecule is CC(C)(C)C(=O)CN(C1CC(C)(C)N(O)C(C)(C)C1)C(C)(C)C. The minimum atomic E-state index is -0.327. The molecule has 0 saturated carbocycles. The van der Waals surface area contributed by atoms with E-state index in [0.717, 1.165) is 12.8 Å². The molecule has 1 N–H and O–H groups in total. The van der Waals surface area contributed by atoms with E-state index < -0.39 is 0 Å². The molecule has 1 saturated heterocycles. The fourth-order valence-electron chi connectivity index (χ4n) is 3.74. The summed E-state index contributed by atoms with van der Waals surface area (Å²) in [6, 6.07) is 0.273. The molecule has 23 heavy (non-hydrogen) atoms. The Morgan fingerprint density at radius 2 is 1.43 bits per heavy atom. The summed E-state index contributed by atoms with van der Waals surface area (Å²) >= 11 is 0.